The molecule has 5 nitrogen and oxygen atoms in total. The number of hydrogen-bond acceptors (Lipinski definition) is 5. The number of esters is 1. The SMILES string of the molecule is CCOC(=O)C(C)Oc1cc(CC(N)CC)ccc1OC. The third kappa shape index (κ3) is 5.27. The summed E-state index contributed by atoms with van der Waals surface area (Å²) >= 11 is 0. The summed E-state index contributed by atoms with van der Waals surface area (Å²) in [5.74, 6) is 0.717. The van der Waals surface area contributed by atoms with Crippen LogP contribution in [-0.2, 0) is 16.0 Å². The fourth-order valence-electron chi connectivity index (χ4n) is 1.89. The van der Waals surface area contributed by atoms with E-state index in [-0.39, 0.29) is 6.04 Å². The lowest BCUT2D eigenvalue weighted by atomic mass is 10.0. The number of methoxy groups -OCH3 is 1. The Hall–Kier alpha value is -1.75. The van der Waals surface area contributed by atoms with E-state index < -0.39 is 12.1 Å². The lowest BCUT2D eigenvalue weighted by Gasteiger charge is -2.17. The topological polar surface area (TPSA) is 70.8 Å². The van der Waals surface area contributed by atoms with Crippen LogP contribution in [0.1, 0.15) is 32.8 Å². The van der Waals surface area contributed by atoms with Gasteiger partial charge in [-0.05, 0) is 44.4 Å². The molecule has 1 aromatic carbocycles. The predicted molar refractivity (Wildman–Crippen MR) is 81.7 cm³/mol. The Bertz CT molecular complexity index is 462. The third-order valence-corrected chi connectivity index (χ3v) is 3.17. The Balaban J connectivity index is 2.87. The highest BCUT2D eigenvalue weighted by atomic mass is 16.6. The molecule has 0 aliphatic carbocycles. The number of nitrogens with two attached hydrogens (primary N) is 1. The minimum Gasteiger partial charge on any atom is -0.493 e. The van der Waals surface area contributed by atoms with Crippen molar-refractivity contribution in [3.63, 3.8) is 0 Å². The first kappa shape index (κ1) is 17.3. The molecule has 5 heteroatoms. The van der Waals surface area contributed by atoms with Crippen molar-refractivity contribution in [1.82, 2.24) is 0 Å². The number of carbonyl (C=O) groups excluding carboxylic acids is 1. The molecule has 0 saturated heterocycles. The number of benzene rings is 1. The molecule has 2 N–H and O–H groups in total. The summed E-state index contributed by atoms with van der Waals surface area (Å²) in [5, 5.41) is 0. The minimum absolute atomic E-state index is 0.105. The molecule has 0 spiro atoms. The first-order valence-corrected chi connectivity index (χ1v) is 7.27. The molecule has 2 atom stereocenters. The molecule has 0 bridgehead atoms. The lowest BCUT2D eigenvalue weighted by molar-refractivity contribution is -0.150. The molecule has 0 aromatic heterocycles. The van der Waals surface area contributed by atoms with E-state index in [2.05, 4.69) is 6.92 Å². The zero-order chi connectivity index (χ0) is 15.8. The summed E-state index contributed by atoms with van der Waals surface area (Å²) in [6.45, 7) is 5.79. The minimum atomic E-state index is -0.686. The van der Waals surface area contributed by atoms with E-state index in [0.717, 1.165) is 18.4 Å². The zero-order valence-electron chi connectivity index (χ0n) is 13.2. The highest BCUT2D eigenvalue weighted by Crippen LogP contribution is 2.29. The molecule has 0 aliphatic rings. The van der Waals surface area contributed by atoms with Crippen molar-refractivity contribution in [2.24, 2.45) is 5.73 Å². The molecule has 0 amide bonds. The van der Waals surface area contributed by atoms with Crippen LogP contribution in [-0.4, -0.2) is 31.8 Å². The van der Waals surface area contributed by atoms with E-state index >= 15 is 0 Å². The largest absolute Gasteiger partial charge is 0.493 e. The van der Waals surface area contributed by atoms with Crippen LogP contribution in [0.15, 0.2) is 18.2 Å². The first-order valence-electron chi connectivity index (χ1n) is 7.27. The fourth-order valence-corrected chi connectivity index (χ4v) is 1.89. The number of ether oxygens (including phenoxy) is 3. The van der Waals surface area contributed by atoms with Gasteiger partial charge < -0.3 is 19.9 Å². The zero-order valence-corrected chi connectivity index (χ0v) is 13.2. The molecule has 21 heavy (non-hydrogen) atoms. The van der Waals surface area contributed by atoms with Crippen molar-refractivity contribution in [3.05, 3.63) is 23.8 Å². The second-order valence-corrected chi connectivity index (χ2v) is 4.87. The molecular formula is C16H25NO4. The van der Waals surface area contributed by atoms with Crippen LogP contribution in [0, 0.1) is 0 Å². The van der Waals surface area contributed by atoms with Gasteiger partial charge in [0, 0.05) is 6.04 Å². The normalized spacial score (nSPS) is 13.4. The second-order valence-electron chi connectivity index (χ2n) is 4.87. The van der Waals surface area contributed by atoms with Crippen LogP contribution in [0.25, 0.3) is 0 Å². The van der Waals surface area contributed by atoms with Gasteiger partial charge in [0.25, 0.3) is 0 Å². The monoisotopic (exact) mass is 295 g/mol. The maximum Gasteiger partial charge on any atom is 0.347 e. The van der Waals surface area contributed by atoms with E-state index in [1.54, 1.807) is 21.0 Å². The van der Waals surface area contributed by atoms with E-state index in [1.807, 2.05) is 18.2 Å². The van der Waals surface area contributed by atoms with Gasteiger partial charge in [-0.3, -0.25) is 0 Å². The maximum absolute atomic E-state index is 11.6. The predicted octanol–water partition coefficient (Wildman–Crippen LogP) is 2.31. The number of carbonyl (C=O) groups is 1. The van der Waals surface area contributed by atoms with Gasteiger partial charge in [-0.1, -0.05) is 13.0 Å². The highest BCUT2D eigenvalue weighted by Gasteiger charge is 2.18. The van der Waals surface area contributed by atoms with Crippen molar-refractivity contribution in [3.8, 4) is 11.5 Å². The highest BCUT2D eigenvalue weighted by molar-refractivity contribution is 5.74. The fraction of sp³-hybridized carbons (Fsp3) is 0.562. The van der Waals surface area contributed by atoms with Crippen molar-refractivity contribution < 1.29 is 19.0 Å². The Labute approximate surface area is 126 Å². The van der Waals surface area contributed by atoms with Crippen LogP contribution in [0.5, 0.6) is 11.5 Å². The van der Waals surface area contributed by atoms with Crippen molar-refractivity contribution in [2.45, 2.75) is 45.8 Å². The Kier molecular flexibility index (Phi) is 7.02. The Morgan fingerprint density at radius 3 is 2.57 bits per heavy atom. The van der Waals surface area contributed by atoms with Gasteiger partial charge in [-0.2, -0.15) is 0 Å². The van der Waals surface area contributed by atoms with Crippen molar-refractivity contribution in [2.75, 3.05) is 13.7 Å². The van der Waals surface area contributed by atoms with Crippen molar-refractivity contribution >= 4 is 5.97 Å². The second kappa shape index (κ2) is 8.52. The molecule has 0 heterocycles. The molecular weight excluding hydrogens is 270 g/mol. The van der Waals surface area contributed by atoms with Gasteiger partial charge in [-0.25, -0.2) is 4.79 Å². The average Bonchev–Trinajstić information content (AvgIpc) is 2.47. The molecule has 0 saturated carbocycles. The van der Waals surface area contributed by atoms with Gasteiger partial charge >= 0.3 is 5.97 Å². The lowest BCUT2D eigenvalue weighted by Crippen LogP contribution is -2.26. The van der Waals surface area contributed by atoms with Gasteiger partial charge in [0.2, 0.25) is 0 Å². The summed E-state index contributed by atoms with van der Waals surface area (Å²) in [6.07, 6.45) is 0.973. The van der Waals surface area contributed by atoms with Crippen LogP contribution in [0.3, 0.4) is 0 Å². The van der Waals surface area contributed by atoms with Gasteiger partial charge in [0.1, 0.15) is 0 Å². The van der Waals surface area contributed by atoms with E-state index in [9.17, 15) is 4.79 Å². The van der Waals surface area contributed by atoms with Crippen LogP contribution < -0.4 is 15.2 Å². The molecule has 0 radical (unpaired) electrons. The summed E-state index contributed by atoms with van der Waals surface area (Å²) in [4.78, 5) is 11.6. The Morgan fingerprint density at radius 1 is 1.29 bits per heavy atom. The summed E-state index contributed by atoms with van der Waals surface area (Å²) in [6, 6.07) is 5.75. The molecule has 1 rings (SSSR count). The number of rotatable bonds is 8. The van der Waals surface area contributed by atoms with Crippen LogP contribution in [0.4, 0.5) is 0 Å². The summed E-state index contributed by atoms with van der Waals surface area (Å²) in [7, 11) is 1.56. The van der Waals surface area contributed by atoms with Gasteiger partial charge in [0.05, 0.1) is 13.7 Å². The molecule has 0 fully saturated rings. The Morgan fingerprint density at radius 2 is 2.00 bits per heavy atom. The summed E-state index contributed by atoms with van der Waals surface area (Å²) in [5.41, 5.74) is 7.02. The van der Waals surface area contributed by atoms with Crippen LogP contribution in [0.2, 0.25) is 0 Å². The molecule has 118 valence electrons. The standard InChI is InChI=1S/C16H25NO4/c1-5-13(17)9-12-7-8-14(19-4)15(10-12)21-11(3)16(18)20-6-2/h7-8,10-11,13H,5-6,9,17H2,1-4H3. The smallest absolute Gasteiger partial charge is 0.347 e. The molecule has 2 unspecified atom stereocenters. The third-order valence-electron chi connectivity index (χ3n) is 3.17. The summed E-state index contributed by atoms with van der Waals surface area (Å²) < 4.78 is 15.9. The average molecular weight is 295 g/mol. The van der Waals surface area contributed by atoms with Gasteiger partial charge in [0.15, 0.2) is 17.6 Å². The van der Waals surface area contributed by atoms with Crippen LogP contribution >= 0.6 is 0 Å². The van der Waals surface area contributed by atoms with E-state index in [0.29, 0.717) is 18.1 Å². The quantitative estimate of drug-likeness (QED) is 0.745. The van der Waals surface area contributed by atoms with Gasteiger partial charge in [-0.15, -0.1) is 0 Å². The van der Waals surface area contributed by atoms with Crippen molar-refractivity contribution in [1.29, 1.82) is 0 Å². The van der Waals surface area contributed by atoms with E-state index in [4.69, 9.17) is 19.9 Å². The number of hydrogen-bond donors (Lipinski definition) is 1. The maximum atomic E-state index is 11.6. The molecule has 1 aromatic rings. The molecule has 0 aliphatic heterocycles. The van der Waals surface area contributed by atoms with E-state index in [1.165, 1.54) is 0 Å². The first-order chi connectivity index (χ1) is 10.0.